The standard InChI is InChI=1S/C28H36N2O5/c1-5-29(6-2)17-12-18-30-25(21-15-16-22(34-7-3)23(19-21)35-8-4)24(27(32)28(30)33)26(31)20-13-10-9-11-14-20/h9-11,13-16,19,25,31H,5-8,12,17-18H2,1-4H3/b26-24+. The Morgan fingerprint density at radius 1 is 0.943 bits per heavy atom. The van der Waals surface area contributed by atoms with Crippen LogP contribution in [0.1, 0.15) is 51.3 Å². The minimum Gasteiger partial charge on any atom is -0.507 e. The molecule has 2 aromatic carbocycles. The van der Waals surface area contributed by atoms with Crippen LogP contribution in [0.25, 0.3) is 5.76 Å². The Morgan fingerprint density at radius 2 is 1.60 bits per heavy atom. The molecule has 1 amide bonds. The zero-order valence-electron chi connectivity index (χ0n) is 21.1. The Hall–Kier alpha value is -3.32. The van der Waals surface area contributed by atoms with Crippen molar-refractivity contribution in [2.75, 3.05) is 39.4 Å². The van der Waals surface area contributed by atoms with Crippen LogP contribution in [-0.2, 0) is 9.59 Å². The molecule has 1 fully saturated rings. The molecule has 1 atom stereocenters. The van der Waals surface area contributed by atoms with Crippen LogP contribution in [0.2, 0.25) is 0 Å². The summed E-state index contributed by atoms with van der Waals surface area (Å²) in [5.41, 5.74) is 1.28. The van der Waals surface area contributed by atoms with Crippen LogP contribution in [0.5, 0.6) is 11.5 Å². The summed E-state index contributed by atoms with van der Waals surface area (Å²) in [5.74, 6) is -0.308. The smallest absolute Gasteiger partial charge is 0.295 e. The molecule has 0 aliphatic carbocycles. The summed E-state index contributed by atoms with van der Waals surface area (Å²) in [6, 6.07) is 13.6. The van der Waals surface area contributed by atoms with E-state index < -0.39 is 17.7 Å². The van der Waals surface area contributed by atoms with Gasteiger partial charge in [0, 0.05) is 12.1 Å². The molecule has 0 saturated carbocycles. The number of carbonyl (C=O) groups is 2. The molecule has 1 saturated heterocycles. The quantitative estimate of drug-likeness (QED) is 0.271. The van der Waals surface area contributed by atoms with Gasteiger partial charge in [0.2, 0.25) is 0 Å². The average Bonchev–Trinajstić information content (AvgIpc) is 3.13. The lowest BCUT2D eigenvalue weighted by molar-refractivity contribution is -0.140. The second kappa shape index (κ2) is 12.4. The maximum atomic E-state index is 13.2. The SMILES string of the molecule is CCOc1ccc(C2/C(=C(\O)c3ccccc3)C(=O)C(=O)N2CCCN(CC)CC)cc1OCC. The van der Waals surface area contributed by atoms with Crippen LogP contribution < -0.4 is 9.47 Å². The number of Topliss-reactive ketones (excluding diaryl/α,β-unsaturated/α-hetero) is 1. The number of amides is 1. The second-order valence-corrected chi connectivity index (χ2v) is 8.31. The molecule has 7 nitrogen and oxygen atoms in total. The van der Waals surface area contributed by atoms with E-state index in [0.717, 1.165) is 19.6 Å². The van der Waals surface area contributed by atoms with Gasteiger partial charge in [-0.25, -0.2) is 0 Å². The van der Waals surface area contributed by atoms with Gasteiger partial charge in [-0.1, -0.05) is 50.2 Å². The Bertz CT molecular complexity index is 1050. The molecule has 1 aliphatic heterocycles. The monoisotopic (exact) mass is 480 g/mol. The van der Waals surface area contributed by atoms with E-state index >= 15 is 0 Å². The van der Waals surface area contributed by atoms with Gasteiger partial charge in [-0.05, 0) is 57.6 Å². The van der Waals surface area contributed by atoms with Gasteiger partial charge in [-0.15, -0.1) is 0 Å². The van der Waals surface area contributed by atoms with Gasteiger partial charge in [-0.2, -0.15) is 0 Å². The Morgan fingerprint density at radius 3 is 2.23 bits per heavy atom. The van der Waals surface area contributed by atoms with Gasteiger partial charge in [0.1, 0.15) is 5.76 Å². The zero-order valence-corrected chi connectivity index (χ0v) is 21.1. The molecule has 0 radical (unpaired) electrons. The predicted molar refractivity (Wildman–Crippen MR) is 137 cm³/mol. The number of likely N-dealkylation sites (tertiary alicyclic amines) is 1. The summed E-state index contributed by atoms with van der Waals surface area (Å²) < 4.78 is 11.5. The van der Waals surface area contributed by atoms with Crippen molar-refractivity contribution in [3.63, 3.8) is 0 Å². The first kappa shape index (κ1) is 26.3. The van der Waals surface area contributed by atoms with Gasteiger partial charge >= 0.3 is 0 Å². The van der Waals surface area contributed by atoms with Crippen LogP contribution in [-0.4, -0.2) is 66.0 Å². The summed E-state index contributed by atoms with van der Waals surface area (Å²) >= 11 is 0. The fourth-order valence-electron chi connectivity index (χ4n) is 4.45. The number of carbonyl (C=O) groups excluding carboxylic acids is 2. The molecule has 0 bridgehead atoms. The number of ether oxygens (including phenoxy) is 2. The summed E-state index contributed by atoms with van der Waals surface area (Å²) in [7, 11) is 0. The molecule has 7 heteroatoms. The maximum Gasteiger partial charge on any atom is 0.295 e. The fraction of sp³-hybridized carbons (Fsp3) is 0.429. The second-order valence-electron chi connectivity index (χ2n) is 8.31. The van der Waals surface area contributed by atoms with Crippen molar-refractivity contribution in [3.8, 4) is 11.5 Å². The Labute approximate surface area is 207 Å². The van der Waals surface area contributed by atoms with Gasteiger partial charge < -0.3 is 24.4 Å². The van der Waals surface area contributed by atoms with E-state index in [0.29, 0.717) is 48.8 Å². The number of rotatable bonds is 12. The third-order valence-electron chi connectivity index (χ3n) is 6.24. The first-order chi connectivity index (χ1) is 17.0. The summed E-state index contributed by atoms with van der Waals surface area (Å²) in [6.45, 7) is 12.0. The molecule has 1 aliphatic rings. The Balaban J connectivity index is 2.08. The minimum atomic E-state index is -0.721. The van der Waals surface area contributed by atoms with E-state index in [4.69, 9.17) is 9.47 Å². The highest BCUT2D eigenvalue weighted by molar-refractivity contribution is 6.46. The summed E-state index contributed by atoms with van der Waals surface area (Å²) in [5, 5.41) is 11.2. The van der Waals surface area contributed by atoms with Crippen LogP contribution in [0.4, 0.5) is 0 Å². The normalized spacial score (nSPS) is 17.3. The third-order valence-corrected chi connectivity index (χ3v) is 6.24. The van der Waals surface area contributed by atoms with Crippen LogP contribution >= 0.6 is 0 Å². The minimum absolute atomic E-state index is 0.0932. The molecule has 35 heavy (non-hydrogen) atoms. The van der Waals surface area contributed by atoms with Gasteiger partial charge in [0.25, 0.3) is 11.7 Å². The third kappa shape index (κ3) is 5.85. The van der Waals surface area contributed by atoms with Crippen LogP contribution in [0, 0.1) is 0 Å². The lowest BCUT2D eigenvalue weighted by Gasteiger charge is -2.27. The van der Waals surface area contributed by atoms with Gasteiger partial charge in [-0.3, -0.25) is 9.59 Å². The topological polar surface area (TPSA) is 79.3 Å². The van der Waals surface area contributed by atoms with Crippen molar-refractivity contribution >= 4 is 17.4 Å². The molecule has 3 rings (SSSR count). The first-order valence-corrected chi connectivity index (χ1v) is 12.4. The van der Waals surface area contributed by atoms with Crippen molar-refractivity contribution in [1.29, 1.82) is 0 Å². The Kier molecular flexibility index (Phi) is 9.32. The lowest BCUT2D eigenvalue weighted by Crippen LogP contribution is -2.33. The molecule has 1 heterocycles. The lowest BCUT2D eigenvalue weighted by atomic mass is 9.95. The molecule has 0 aromatic heterocycles. The van der Waals surface area contributed by atoms with Crippen molar-refractivity contribution < 1.29 is 24.2 Å². The summed E-state index contributed by atoms with van der Waals surface area (Å²) in [6.07, 6.45) is 0.714. The molecule has 1 unspecified atom stereocenters. The van der Waals surface area contributed by atoms with E-state index in [9.17, 15) is 14.7 Å². The number of nitrogens with zero attached hydrogens (tertiary/aromatic N) is 2. The van der Waals surface area contributed by atoms with Crippen LogP contribution in [0.3, 0.4) is 0 Å². The average molecular weight is 481 g/mol. The zero-order chi connectivity index (χ0) is 25.4. The molecule has 1 N–H and O–H groups in total. The van der Waals surface area contributed by atoms with E-state index in [1.54, 1.807) is 41.3 Å². The fourth-order valence-corrected chi connectivity index (χ4v) is 4.45. The van der Waals surface area contributed by atoms with Gasteiger partial charge in [0.05, 0.1) is 24.8 Å². The first-order valence-electron chi connectivity index (χ1n) is 12.4. The highest BCUT2D eigenvalue weighted by Crippen LogP contribution is 2.42. The molecular formula is C28H36N2O5. The number of hydrogen-bond donors (Lipinski definition) is 1. The van der Waals surface area contributed by atoms with Crippen molar-refractivity contribution in [2.45, 2.75) is 40.2 Å². The largest absolute Gasteiger partial charge is 0.507 e. The summed E-state index contributed by atoms with van der Waals surface area (Å²) in [4.78, 5) is 30.3. The number of aliphatic hydroxyl groups excluding tert-OH is 1. The van der Waals surface area contributed by atoms with E-state index in [1.165, 1.54) is 0 Å². The highest BCUT2D eigenvalue weighted by Gasteiger charge is 2.46. The molecular weight excluding hydrogens is 444 g/mol. The van der Waals surface area contributed by atoms with E-state index in [1.807, 2.05) is 26.0 Å². The van der Waals surface area contributed by atoms with E-state index in [-0.39, 0.29) is 11.3 Å². The molecule has 188 valence electrons. The van der Waals surface area contributed by atoms with Crippen molar-refractivity contribution in [3.05, 3.63) is 65.2 Å². The maximum absolute atomic E-state index is 13.2. The molecule has 0 spiro atoms. The number of benzene rings is 2. The van der Waals surface area contributed by atoms with Crippen LogP contribution in [0.15, 0.2) is 54.1 Å². The van der Waals surface area contributed by atoms with Crippen molar-refractivity contribution in [1.82, 2.24) is 9.80 Å². The van der Waals surface area contributed by atoms with Crippen molar-refractivity contribution in [2.24, 2.45) is 0 Å². The number of hydrogen-bond acceptors (Lipinski definition) is 6. The predicted octanol–water partition coefficient (Wildman–Crippen LogP) is 4.64. The molecule has 2 aromatic rings. The van der Waals surface area contributed by atoms with Gasteiger partial charge in [0.15, 0.2) is 11.5 Å². The van der Waals surface area contributed by atoms with E-state index in [2.05, 4.69) is 18.7 Å². The highest BCUT2D eigenvalue weighted by atomic mass is 16.5. The number of ketones is 1. The number of aliphatic hydroxyl groups is 1.